The second-order valence-electron chi connectivity index (χ2n) is 7.13. The summed E-state index contributed by atoms with van der Waals surface area (Å²) < 4.78 is 27.7. The fraction of sp³-hybridized carbons (Fsp3) is 0.556. The Bertz CT molecular complexity index is 886. The van der Waals surface area contributed by atoms with Gasteiger partial charge in [0.25, 0.3) is 0 Å². The molecular weight excluding hydrogens is 438 g/mol. The van der Waals surface area contributed by atoms with Crippen LogP contribution in [0.5, 0.6) is 0 Å². The first-order chi connectivity index (χ1) is 13.8. The van der Waals surface area contributed by atoms with Gasteiger partial charge in [-0.2, -0.15) is 4.72 Å². The van der Waals surface area contributed by atoms with Crippen molar-refractivity contribution in [3.8, 4) is 0 Å². The maximum absolute atomic E-state index is 12.7. The van der Waals surface area contributed by atoms with Crippen LogP contribution in [0.1, 0.15) is 30.6 Å². The summed E-state index contributed by atoms with van der Waals surface area (Å²) in [5, 5.41) is 10.4. The number of nitrogens with zero attached hydrogens (tertiary/aromatic N) is 2. The van der Waals surface area contributed by atoms with Gasteiger partial charge < -0.3 is 14.9 Å². The van der Waals surface area contributed by atoms with Crippen molar-refractivity contribution in [1.82, 2.24) is 14.5 Å². The number of thiophene rings is 1. The molecule has 0 bridgehead atoms. The first-order valence-corrected chi connectivity index (χ1v) is 12.2. The van der Waals surface area contributed by atoms with E-state index in [4.69, 9.17) is 11.6 Å². The number of sulfonamides is 1. The fourth-order valence-electron chi connectivity index (χ4n) is 3.63. The maximum Gasteiger partial charge on any atom is 0.242 e. The van der Waals surface area contributed by atoms with E-state index in [0.717, 1.165) is 18.2 Å². The molecule has 1 aromatic heterocycles. The number of rotatable bonds is 7. The lowest BCUT2D eigenvalue weighted by atomic mass is 10.1. The third kappa shape index (κ3) is 5.79. The van der Waals surface area contributed by atoms with Crippen LogP contribution in [0.3, 0.4) is 0 Å². The molecule has 2 aliphatic rings. The van der Waals surface area contributed by atoms with E-state index in [2.05, 4.69) is 4.72 Å². The average Bonchev–Trinajstić information content (AvgIpc) is 3.32. The summed E-state index contributed by atoms with van der Waals surface area (Å²) in [6.07, 6.45) is 3.98. The highest BCUT2D eigenvalue weighted by atomic mass is 35.5. The summed E-state index contributed by atoms with van der Waals surface area (Å²) in [6, 6.07) is 2.28. The minimum absolute atomic E-state index is 0.0934. The van der Waals surface area contributed by atoms with Crippen LogP contribution in [0.15, 0.2) is 17.5 Å². The second kappa shape index (κ2) is 9.57. The second-order valence-corrected chi connectivity index (χ2v) is 10.5. The molecule has 0 radical (unpaired) electrons. The minimum atomic E-state index is -3.83. The molecule has 0 aromatic carbocycles. The largest absolute Gasteiger partial charge is 0.394 e. The van der Waals surface area contributed by atoms with Gasteiger partial charge in [-0.05, 0) is 43.9 Å². The number of aliphatic hydroxyl groups is 1. The van der Waals surface area contributed by atoms with Crippen molar-refractivity contribution in [2.24, 2.45) is 0 Å². The number of piperidine rings is 1. The Labute approximate surface area is 179 Å². The smallest absolute Gasteiger partial charge is 0.242 e. The van der Waals surface area contributed by atoms with Crippen molar-refractivity contribution < 1.29 is 23.1 Å². The predicted molar refractivity (Wildman–Crippen MR) is 112 cm³/mol. The van der Waals surface area contributed by atoms with Crippen LogP contribution in [0.4, 0.5) is 0 Å². The van der Waals surface area contributed by atoms with Crippen LogP contribution < -0.4 is 4.72 Å². The van der Waals surface area contributed by atoms with Gasteiger partial charge in [-0.25, -0.2) is 8.42 Å². The third-order valence-electron chi connectivity index (χ3n) is 5.08. The van der Waals surface area contributed by atoms with Gasteiger partial charge in [0.05, 0.1) is 23.5 Å². The van der Waals surface area contributed by atoms with Gasteiger partial charge in [0.1, 0.15) is 6.04 Å². The van der Waals surface area contributed by atoms with Gasteiger partial charge in [-0.1, -0.05) is 11.6 Å². The normalized spacial score (nSPS) is 23.3. The van der Waals surface area contributed by atoms with Crippen molar-refractivity contribution >= 4 is 50.9 Å². The van der Waals surface area contributed by atoms with Crippen LogP contribution in [-0.2, 0) is 19.6 Å². The van der Waals surface area contributed by atoms with Crippen LogP contribution in [0.2, 0.25) is 4.34 Å². The van der Waals surface area contributed by atoms with Gasteiger partial charge in [0.15, 0.2) is 0 Å². The SMILES string of the molecule is O=C1[C@@H](NS(=O)(=O)/C=C/c2ccc(Cl)s2)CCCN1CC(=O)N1CCC[C@H]1CO. The fourth-order valence-corrected chi connectivity index (χ4v) is 5.70. The Morgan fingerprint density at radius 2 is 2.07 bits per heavy atom. The quantitative estimate of drug-likeness (QED) is 0.635. The highest BCUT2D eigenvalue weighted by Gasteiger charge is 2.35. The van der Waals surface area contributed by atoms with E-state index in [1.807, 2.05) is 0 Å². The Morgan fingerprint density at radius 1 is 1.31 bits per heavy atom. The molecule has 3 rings (SSSR count). The molecule has 160 valence electrons. The zero-order valence-electron chi connectivity index (χ0n) is 15.8. The van der Waals surface area contributed by atoms with Crippen LogP contribution in [0, 0.1) is 0 Å². The van der Waals surface area contributed by atoms with Crippen LogP contribution >= 0.6 is 22.9 Å². The van der Waals surface area contributed by atoms with Crippen LogP contribution in [-0.4, -0.2) is 73.5 Å². The minimum Gasteiger partial charge on any atom is -0.394 e. The molecular formula is C18H24ClN3O5S2. The van der Waals surface area contributed by atoms with Crippen molar-refractivity contribution in [2.75, 3.05) is 26.2 Å². The lowest BCUT2D eigenvalue weighted by Gasteiger charge is -2.33. The molecule has 8 nitrogen and oxygen atoms in total. The van der Waals surface area contributed by atoms with E-state index >= 15 is 0 Å². The van der Waals surface area contributed by atoms with E-state index in [0.29, 0.717) is 35.1 Å². The number of likely N-dealkylation sites (tertiary alicyclic amines) is 2. The lowest BCUT2D eigenvalue weighted by Crippen LogP contribution is -2.54. The molecule has 2 aliphatic heterocycles. The van der Waals surface area contributed by atoms with Crippen molar-refractivity contribution in [3.05, 3.63) is 26.8 Å². The molecule has 29 heavy (non-hydrogen) atoms. The van der Waals surface area contributed by atoms with Crippen LogP contribution in [0.25, 0.3) is 6.08 Å². The maximum atomic E-state index is 12.7. The van der Waals surface area contributed by atoms with Crippen molar-refractivity contribution in [2.45, 2.75) is 37.8 Å². The zero-order valence-corrected chi connectivity index (χ0v) is 18.2. The van der Waals surface area contributed by atoms with Crippen molar-refractivity contribution in [1.29, 1.82) is 0 Å². The number of nitrogens with one attached hydrogen (secondary N) is 1. The number of hydrogen-bond acceptors (Lipinski definition) is 6. The van der Waals surface area contributed by atoms with E-state index < -0.39 is 22.0 Å². The molecule has 0 unspecified atom stereocenters. The standard InChI is InChI=1S/C18H24ClN3O5S2/c19-16-6-5-14(28-16)7-10-29(26,27)20-15-4-2-8-21(18(15)25)11-17(24)22-9-1-3-13(22)12-23/h5-7,10,13,15,20,23H,1-4,8-9,11-12H2/b10-7+/t13-,15-/m0/s1. The molecule has 2 atom stereocenters. The number of aliphatic hydroxyl groups excluding tert-OH is 1. The Kier molecular flexibility index (Phi) is 7.33. The molecule has 11 heteroatoms. The Balaban J connectivity index is 1.60. The molecule has 2 saturated heterocycles. The molecule has 0 aliphatic carbocycles. The van der Waals surface area contributed by atoms with E-state index in [9.17, 15) is 23.1 Å². The van der Waals surface area contributed by atoms with Gasteiger partial charge >= 0.3 is 0 Å². The summed E-state index contributed by atoms with van der Waals surface area (Å²) in [5.41, 5.74) is 0. The number of amides is 2. The van der Waals surface area contributed by atoms with E-state index in [1.54, 1.807) is 17.0 Å². The highest BCUT2D eigenvalue weighted by Crippen LogP contribution is 2.23. The Hall–Kier alpha value is -1.46. The average molecular weight is 462 g/mol. The number of halogens is 1. The molecule has 1 aromatic rings. The van der Waals surface area contributed by atoms with Gasteiger partial charge in [0.2, 0.25) is 21.8 Å². The number of hydrogen-bond donors (Lipinski definition) is 2. The summed E-state index contributed by atoms with van der Waals surface area (Å²) in [6.45, 7) is 0.782. The summed E-state index contributed by atoms with van der Waals surface area (Å²) in [7, 11) is -3.83. The first-order valence-electron chi connectivity index (χ1n) is 9.44. The first kappa shape index (κ1) is 22.2. The third-order valence-corrected chi connectivity index (χ3v) is 7.38. The summed E-state index contributed by atoms with van der Waals surface area (Å²) in [4.78, 5) is 29.0. The highest BCUT2D eigenvalue weighted by molar-refractivity contribution is 7.92. The topological polar surface area (TPSA) is 107 Å². The van der Waals surface area contributed by atoms with Crippen molar-refractivity contribution in [3.63, 3.8) is 0 Å². The molecule has 2 N–H and O–H groups in total. The predicted octanol–water partition coefficient (Wildman–Crippen LogP) is 1.27. The van der Waals surface area contributed by atoms with E-state index in [-0.39, 0.29) is 25.1 Å². The zero-order chi connectivity index (χ0) is 21.0. The van der Waals surface area contributed by atoms with E-state index in [1.165, 1.54) is 22.3 Å². The lowest BCUT2D eigenvalue weighted by molar-refractivity contribution is -0.143. The Morgan fingerprint density at radius 3 is 2.76 bits per heavy atom. The number of carbonyl (C=O) groups excluding carboxylic acids is 2. The molecule has 2 fully saturated rings. The van der Waals surface area contributed by atoms with Gasteiger partial charge in [0, 0.05) is 23.4 Å². The molecule has 3 heterocycles. The van der Waals surface area contributed by atoms with Gasteiger partial charge in [-0.15, -0.1) is 11.3 Å². The van der Waals surface area contributed by atoms with Gasteiger partial charge in [-0.3, -0.25) is 9.59 Å². The summed E-state index contributed by atoms with van der Waals surface area (Å²) >= 11 is 7.08. The molecule has 0 saturated carbocycles. The monoisotopic (exact) mass is 461 g/mol. The molecule has 2 amide bonds. The number of carbonyl (C=O) groups is 2. The molecule has 0 spiro atoms. The summed E-state index contributed by atoms with van der Waals surface area (Å²) in [5.74, 6) is -0.617.